The Morgan fingerprint density at radius 1 is 1.27 bits per heavy atom. The summed E-state index contributed by atoms with van der Waals surface area (Å²) in [4.78, 5) is 13.0. The average Bonchev–Trinajstić information content (AvgIpc) is 3.17. The van der Waals surface area contributed by atoms with Gasteiger partial charge in [-0.1, -0.05) is 18.2 Å². The number of aryl methyl sites for hydroxylation is 1. The SMILES string of the molecule is Cc1cc2c(=O)n(-c3ccccc3)c([C@@H]3CCCN3)nn2c1. The molecule has 0 aliphatic carbocycles. The maximum absolute atomic E-state index is 13.0. The third kappa shape index (κ3) is 2.05. The Morgan fingerprint density at radius 2 is 2.09 bits per heavy atom. The van der Waals surface area contributed by atoms with Crippen LogP contribution in [-0.4, -0.2) is 20.7 Å². The normalized spacial score (nSPS) is 18.1. The lowest BCUT2D eigenvalue weighted by atomic mass is 10.2. The summed E-state index contributed by atoms with van der Waals surface area (Å²) in [6.45, 7) is 2.95. The number of rotatable bonds is 2. The molecule has 2 aromatic heterocycles. The highest BCUT2D eigenvalue weighted by atomic mass is 16.1. The fraction of sp³-hybridized carbons (Fsp3) is 0.294. The van der Waals surface area contributed by atoms with E-state index < -0.39 is 0 Å². The average molecular weight is 294 g/mol. The van der Waals surface area contributed by atoms with Crippen molar-refractivity contribution in [1.82, 2.24) is 19.5 Å². The van der Waals surface area contributed by atoms with Crippen molar-refractivity contribution in [3.05, 3.63) is 64.3 Å². The van der Waals surface area contributed by atoms with Crippen LogP contribution in [0.15, 0.2) is 47.4 Å². The van der Waals surface area contributed by atoms with Gasteiger partial charge < -0.3 is 5.32 Å². The van der Waals surface area contributed by atoms with Crippen molar-refractivity contribution in [2.45, 2.75) is 25.8 Å². The van der Waals surface area contributed by atoms with Crippen molar-refractivity contribution in [3.8, 4) is 5.69 Å². The third-order valence-corrected chi connectivity index (χ3v) is 4.19. The monoisotopic (exact) mass is 294 g/mol. The molecule has 5 nitrogen and oxygen atoms in total. The van der Waals surface area contributed by atoms with Gasteiger partial charge in [-0.2, -0.15) is 5.10 Å². The van der Waals surface area contributed by atoms with E-state index in [0.717, 1.165) is 36.5 Å². The van der Waals surface area contributed by atoms with Gasteiger partial charge >= 0.3 is 0 Å². The van der Waals surface area contributed by atoms with Gasteiger partial charge in [0.2, 0.25) is 0 Å². The molecule has 112 valence electrons. The third-order valence-electron chi connectivity index (χ3n) is 4.19. The second-order valence-electron chi connectivity index (χ2n) is 5.83. The molecule has 22 heavy (non-hydrogen) atoms. The molecule has 4 rings (SSSR count). The van der Waals surface area contributed by atoms with Crippen LogP contribution < -0.4 is 10.9 Å². The van der Waals surface area contributed by atoms with Crippen molar-refractivity contribution >= 4 is 5.52 Å². The Kier molecular flexibility index (Phi) is 3.08. The van der Waals surface area contributed by atoms with Gasteiger partial charge in [0.15, 0.2) is 5.82 Å². The van der Waals surface area contributed by atoms with Crippen LogP contribution in [0.3, 0.4) is 0 Å². The molecule has 1 atom stereocenters. The Bertz CT molecular complexity index is 873. The summed E-state index contributed by atoms with van der Waals surface area (Å²) in [7, 11) is 0. The second kappa shape index (κ2) is 5.10. The van der Waals surface area contributed by atoms with Gasteiger partial charge in [0, 0.05) is 6.20 Å². The van der Waals surface area contributed by atoms with Gasteiger partial charge in [0.05, 0.1) is 11.7 Å². The maximum Gasteiger partial charge on any atom is 0.282 e. The molecule has 0 bridgehead atoms. The van der Waals surface area contributed by atoms with E-state index in [1.54, 1.807) is 9.08 Å². The van der Waals surface area contributed by atoms with Gasteiger partial charge in [-0.3, -0.25) is 9.36 Å². The molecule has 0 unspecified atom stereocenters. The van der Waals surface area contributed by atoms with Crippen molar-refractivity contribution < 1.29 is 0 Å². The van der Waals surface area contributed by atoms with Gasteiger partial charge in [0.25, 0.3) is 5.56 Å². The number of aromatic nitrogens is 3. The van der Waals surface area contributed by atoms with Gasteiger partial charge in [-0.25, -0.2) is 4.52 Å². The first kappa shape index (κ1) is 13.3. The van der Waals surface area contributed by atoms with Gasteiger partial charge in [0.1, 0.15) is 5.52 Å². The molecule has 3 aromatic rings. The minimum Gasteiger partial charge on any atom is -0.307 e. The second-order valence-corrected chi connectivity index (χ2v) is 5.83. The van der Waals surface area contributed by atoms with E-state index >= 15 is 0 Å². The van der Waals surface area contributed by atoms with Crippen LogP contribution in [0.2, 0.25) is 0 Å². The number of nitrogens with zero attached hydrogens (tertiary/aromatic N) is 3. The molecule has 1 aliphatic heterocycles. The largest absolute Gasteiger partial charge is 0.307 e. The highest BCUT2D eigenvalue weighted by Crippen LogP contribution is 2.23. The molecule has 0 saturated carbocycles. The zero-order valence-electron chi connectivity index (χ0n) is 12.5. The van der Waals surface area contributed by atoms with E-state index in [9.17, 15) is 4.79 Å². The molecule has 1 aromatic carbocycles. The van der Waals surface area contributed by atoms with Gasteiger partial charge in [-0.15, -0.1) is 0 Å². The van der Waals surface area contributed by atoms with Crippen molar-refractivity contribution in [2.75, 3.05) is 6.54 Å². The Morgan fingerprint density at radius 3 is 2.82 bits per heavy atom. The van der Waals surface area contributed by atoms with Crippen LogP contribution in [0.25, 0.3) is 11.2 Å². The highest BCUT2D eigenvalue weighted by molar-refractivity contribution is 5.49. The molecular weight excluding hydrogens is 276 g/mol. The van der Waals surface area contributed by atoms with Gasteiger partial charge in [-0.05, 0) is 50.1 Å². The van der Waals surface area contributed by atoms with Crippen LogP contribution >= 0.6 is 0 Å². The van der Waals surface area contributed by atoms with Crippen LogP contribution in [0.5, 0.6) is 0 Å². The molecule has 1 saturated heterocycles. The van der Waals surface area contributed by atoms with E-state index in [-0.39, 0.29) is 11.6 Å². The number of benzene rings is 1. The molecule has 1 N–H and O–H groups in total. The molecule has 1 fully saturated rings. The summed E-state index contributed by atoms with van der Waals surface area (Å²) in [5.74, 6) is 0.789. The van der Waals surface area contributed by atoms with Crippen molar-refractivity contribution in [1.29, 1.82) is 0 Å². The number of nitrogens with one attached hydrogen (secondary N) is 1. The van der Waals surface area contributed by atoms with Crippen LogP contribution in [0.4, 0.5) is 0 Å². The molecule has 3 heterocycles. The smallest absolute Gasteiger partial charge is 0.282 e. The molecule has 0 radical (unpaired) electrons. The Balaban J connectivity index is 2.04. The van der Waals surface area contributed by atoms with E-state index in [1.165, 1.54) is 0 Å². The van der Waals surface area contributed by atoms with Crippen molar-refractivity contribution in [3.63, 3.8) is 0 Å². The molecular formula is C17H18N4O. The summed E-state index contributed by atoms with van der Waals surface area (Å²) < 4.78 is 3.46. The first-order valence-corrected chi connectivity index (χ1v) is 7.65. The van der Waals surface area contributed by atoms with E-state index in [4.69, 9.17) is 5.10 Å². The van der Waals surface area contributed by atoms with Crippen molar-refractivity contribution in [2.24, 2.45) is 0 Å². The molecule has 1 aliphatic rings. The Hall–Kier alpha value is -2.40. The lowest BCUT2D eigenvalue weighted by Crippen LogP contribution is -2.30. The molecule has 0 amide bonds. The number of para-hydroxylation sites is 1. The highest BCUT2D eigenvalue weighted by Gasteiger charge is 2.24. The fourth-order valence-electron chi connectivity index (χ4n) is 3.15. The number of fused-ring (bicyclic) bond motifs is 1. The topological polar surface area (TPSA) is 51.3 Å². The van der Waals surface area contributed by atoms with Crippen LogP contribution in [-0.2, 0) is 0 Å². The first-order chi connectivity index (χ1) is 10.7. The summed E-state index contributed by atoms with van der Waals surface area (Å²) in [5, 5.41) is 8.18. The summed E-state index contributed by atoms with van der Waals surface area (Å²) in [6, 6.07) is 11.8. The van der Waals surface area contributed by atoms with E-state index in [2.05, 4.69) is 5.32 Å². The maximum atomic E-state index is 13.0. The zero-order chi connectivity index (χ0) is 15.1. The minimum atomic E-state index is -0.0157. The van der Waals surface area contributed by atoms with Crippen LogP contribution in [0, 0.1) is 6.92 Å². The summed E-state index contributed by atoms with van der Waals surface area (Å²) in [6.07, 6.45) is 4.02. The van der Waals surface area contributed by atoms with Crippen LogP contribution in [0.1, 0.15) is 30.3 Å². The number of hydrogen-bond donors (Lipinski definition) is 1. The number of hydrogen-bond acceptors (Lipinski definition) is 3. The standard InChI is InChI=1S/C17H18N4O/c1-12-10-15-17(22)21(13-6-3-2-4-7-13)16(19-20(15)11-12)14-8-5-9-18-14/h2-4,6-7,10-11,14,18H,5,8-9H2,1H3/t14-/m0/s1. The lowest BCUT2D eigenvalue weighted by molar-refractivity contribution is 0.559. The summed E-state index contributed by atoms with van der Waals surface area (Å²) in [5.41, 5.74) is 2.51. The zero-order valence-corrected chi connectivity index (χ0v) is 12.5. The predicted molar refractivity (Wildman–Crippen MR) is 85.5 cm³/mol. The summed E-state index contributed by atoms with van der Waals surface area (Å²) >= 11 is 0. The first-order valence-electron chi connectivity index (χ1n) is 7.65. The molecule has 0 spiro atoms. The van der Waals surface area contributed by atoms with E-state index in [0.29, 0.717) is 5.52 Å². The predicted octanol–water partition coefficient (Wildman–Crippen LogP) is 2.22. The quantitative estimate of drug-likeness (QED) is 0.788. The lowest BCUT2D eigenvalue weighted by Gasteiger charge is -2.17. The Labute approximate surface area is 128 Å². The van der Waals surface area contributed by atoms with E-state index in [1.807, 2.05) is 49.5 Å². The minimum absolute atomic E-state index is 0.0157. The fourth-order valence-corrected chi connectivity index (χ4v) is 3.15. The molecule has 5 heteroatoms.